The van der Waals surface area contributed by atoms with Crippen LogP contribution in [0, 0.1) is 13.8 Å². The third kappa shape index (κ3) is 3.70. The summed E-state index contributed by atoms with van der Waals surface area (Å²) in [5.74, 6) is 0.407. The van der Waals surface area contributed by atoms with Crippen LogP contribution < -0.4 is 0 Å². The third-order valence-corrected chi connectivity index (χ3v) is 4.36. The average molecular weight is 302 g/mol. The first-order valence-electron chi connectivity index (χ1n) is 7.22. The number of hydrogen-bond acceptors (Lipinski definition) is 2. The van der Waals surface area contributed by atoms with E-state index in [9.17, 15) is 4.79 Å². The lowest BCUT2D eigenvalue weighted by molar-refractivity contribution is 0.112. The lowest BCUT2D eigenvalue weighted by atomic mass is 9.89. The van der Waals surface area contributed by atoms with Gasteiger partial charge in [0.05, 0.1) is 0 Å². The first kappa shape index (κ1) is 15.7. The van der Waals surface area contributed by atoms with E-state index in [0.29, 0.717) is 11.5 Å². The summed E-state index contributed by atoms with van der Waals surface area (Å²) in [7, 11) is 0. The van der Waals surface area contributed by atoms with Gasteiger partial charge in [-0.1, -0.05) is 30.7 Å². The Bertz CT molecular complexity index is 652. The minimum atomic E-state index is 0.407. The van der Waals surface area contributed by atoms with Crippen molar-refractivity contribution in [2.45, 2.75) is 39.5 Å². The van der Waals surface area contributed by atoms with Gasteiger partial charge in [0, 0.05) is 22.5 Å². The fourth-order valence-corrected chi connectivity index (χ4v) is 2.65. The highest BCUT2D eigenvalue weighted by Gasteiger charge is 2.12. The molecule has 2 aromatic rings. The Morgan fingerprint density at radius 2 is 2.05 bits per heavy atom. The fraction of sp³-hybridized carbons (Fsp3) is 0.333. The fourth-order valence-electron chi connectivity index (χ4n) is 2.53. The maximum Gasteiger partial charge on any atom is 0.151 e. The highest BCUT2D eigenvalue weighted by Crippen LogP contribution is 2.27. The number of hydrogen-bond donors (Lipinski definition) is 0. The molecule has 1 aromatic heterocycles. The van der Waals surface area contributed by atoms with Gasteiger partial charge in [-0.05, 0) is 61.4 Å². The number of halogens is 1. The number of aldehydes is 1. The van der Waals surface area contributed by atoms with Crippen LogP contribution in [0.25, 0.3) is 0 Å². The van der Waals surface area contributed by atoms with Crippen molar-refractivity contribution in [2.24, 2.45) is 0 Å². The molecule has 0 unspecified atom stereocenters. The van der Waals surface area contributed by atoms with E-state index in [-0.39, 0.29) is 0 Å². The van der Waals surface area contributed by atoms with E-state index in [1.165, 1.54) is 5.56 Å². The molecule has 0 fully saturated rings. The summed E-state index contributed by atoms with van der Waals surface area (Å²) in [5, 5.41) is 0.800. The quantitative estimate of drug-likeness (QED) is 0.735. The Labute approximate surface area is 131 Å². The first-order valence-corrected chi connectivity index (χ1v) is 7.59. The molecule has 0 bridgehead atoms. The molecule has 0 spiro atoms. The van der Waals surface area contributed by atoms with Crippen molar-refractivity contribution in [3.8, 4) is 0 Å². The van der Waals surface area contributed by atoms with Gasteiger partial charge in [0.25, 0.3) is 0 Å². The first-order chi connectivity index (χ1) is 10.0. The predicted molar refractivity (Wildman–Crippen MR) is 87.3 cm³/mol. The SMILES string of the molecule is CC[C@@H](Cc1cnc(C)c(C=O)c1)c1ccc(Cl)c(C)c1. The van der Waals surface area contributed by atoms with Crippen LogP contribution in [0.1, 0.15) is 52.0 Å². The third-order valence-electron chi connectivity index (χ3n) is 3.94. The van der Waals surface area contributed by atoms with Crippen LogP contribution in [0.3, 0.4) is 0 Å². The normalized spacial score (nSPS) is 12.2. The van der Waals surface area contributed by atoms with Gasteiger partial charge < -0.3 is 0 Å². The van der Waals surface area contributed by atoms with Crippen LogP contribution >= 0.6 is 11.6 Å². The minimum Gasteiger partial charge on any atom is -0.298 e. The lowest BCUT2D eigenvalue weighted by Crippen LogP contribution is -2.04. The Morgan fingerprint density at radius 1 is 1.29 bits per heavy atom. The molecular formula is C18H20ClNO. The van der Waals surface area contributed by atoms with Crippen LogP contribution in [0.15, 0.2) is 30.5 Å². The number of nitrogens with zero attached hydrogens (tertiary/aromatic N) is 1. The Kier molecular flexibility index (Phi) is 5.13. The summed E-state index contributed by atoms with van der Waals surface area (Å²) in [6.45, 7) is 6.06. The van der Waals surface area contributed by atoms with Crippen molar-refractivity contribution in [2.75, 3.05) is 0 Å². The number of benzene rings is 1. The molecule has 0 aliphatic heterocycles. The van der Waals surface area contributed by atoms with Crippen molar-refractivity contribution in [1.29, 1.82) is 0 Å². The summed E-state index contributed by atoms with van der Waals surface area (Å²) in [6.07, 6.45) is 4.66. The highest BCUT2D eigenvalue weighted by molar-refractivity contribution is 6.31. The number of aryl methyl sites for hydroxylation is 2. The van der Waals surface area contributed by atoms with Crippen LogP contribution in [0.2, 0.25) is 5.02 Å². The number of carbonyl (C=O) groups excluding carboxylic acids is 1. The van der Waals surface area contributed by atoms with Crippen molar-refractivity contribution in [3.05, 3.63) is 63.4 Å². The zero-order valence-corrected chi connectivity index (χ0v) is 13.4. The molecule has 0 aliphatic rings. The molecule has 0 aliphatic carbocycles. The van der Waals surface area contributed by atoms with Crippen molar-refractivity contribution < 1.29 is 4.79 Å². The van der Waals surface area contributed by atoms with E-state index in [4.69, 9.17) is 11.6 Å². The molecule has 3 heteroatoms. The van der Waals surface area contributed by atoms with Gasteiger partial charge in [-0.2, -0.15) is 0 Å². The second-order valence-electron chi connectivity index (χ2n) is 5.45. The molecule has 21 heavy (non-hydrogen) atoms. The molecule has 1 heterocycles. The minimum absolute atomic E-state index is 0.407. The molecule has 1 aromatic carbocycles. The molecule has 0 radical (unpaired) electrons. The largest absolute Gasteiger partial charge is 0.298 e. The van der Waals surface area contributed by atoms with Crippen LogP contribution in [-0.2, 0) is 6.42 Å². The molecule has 110 valence electrons. The summed E-state index contributed by atoms with van der Waals surface area (Å²) < 4.78 is 0. The van der Waals surface area contributed by atoms with E-state index < -0.39 is 0 Å². The second kappa shape index (κ2) is 6.86. The molecule has 2 rings (SSSR count). The van der Waals surface area contributed by atoms with Gasteiger partial charge in [-0.25, -0.2) is 0 Å². The van der Waals surface area contributed by atoms with Gasteiger partial charge in [0.15, 0.2) is 6.29 Å². The summed E-state index contributed by atoms with van der Waals surface area (Å²) in [4.78, 5) is 15.3. The van der Waals surface area contributed by atoms with Crippen LogP contribution in [0.4, 0.5) is 0 Å². The average Bonchev–Trinajstić information content (AvgIpc) is 2.49. The Hall–Kier alpha value is -1.67. The topological polar surface area (TPSA) is 30.0 Å². The molecule has 1 atom stereocenters. The van der Waals surface area contributed by atoms with E-state index in [1.807, 2.05) is 32.2 Å². The summed E-state index contributed by atoms with van der Waals surface area (Å²) in [6, 6.07) is 8.14. The Morgan fingerprint density at radius 3 is 2.67 bits per heavy atom. The zero-order valence-electron chi connectivity index (χ0n) is 12.7. The maximum absolute atomic E-state index is 11.0. The number of aromatic nitrogens is 1. The van der Waals surface area contributed by atoms with Gasteiger partial charge in [-0.15, -0.1) is 0 Å². The maximum atomic E-state index is 11.0. The van der Waals surface area contributed by atoms with Crippen LogP contribution in [-0.4, -0.2) is 11.3 Å². The van der Waals surface area contributed by atoms with Crippen LogP contribution in [0.5, 0.6) is 0 Å². The lowest BCUT2D eigenvalue weighted by Gasteiger charge is -2.17. The molecular weight excluding hydrogens is 282 g/mol. The molecule has 2 nitrogen and oxygen atoms in total. The van der Waals surface area contributed by atoms with E-state index in [1.54, 1.807) is 0 Å². The van der Waals surface area contributed by atoms with Gasteiger partial charge >= 0.3 is 0 Å². The monoisotopic (exact) mass is 301 g/mol. The van der Waals surface area contributed by atoms with E-state index in [0.717, 1.165) is 41.0 Å². The number of pyridine rings is 1. The predicted octanol–water partition coefficient (Wildman–Crippen LogP) is 4.90. The van der Waals surface area contributed by atoms with Gasteiger partial charge in [0.1, 0.15) is 0 Å². The highest BCUT2D eigenvalue weighted by atomic mass is 35.5. The van der Waals surface area contributed by atoms with Gasteiger partial charge in [-0.3, -0.25) is 9.78 Å². The van der Waals surface area contributed by atoms with E-state index in [2.05, 4.69) is 24.0 Å². The van der Waals surface area contributed by atoms with Gasteiger partial charge in [0.2, 0.25) is 0 Å². The standard InChI is InChI=1S/C18H20ClNO/c1-4-15(16-5-6-18(19)12(2)7-16)8-14-9-17(11-21)13(3)20-10-14/h5-7,9-11,15H,4,8H2,1-3H3/t15-/m0/s1. The number of rotatable bonds is 5. The smallest absolute Gasteiger partial charge is 0.151 e. The van der Waals surface area contributed by atoms with Crippen molar-refractivity contribution in [1.82, 2.24) is 4.98 Å². The van der Waals surface area contributed by atoms with E-state index >= 15 is 0 Å². The summed E-state index contributed by atoms with van der Waals surface area (Å²) >= 11 is 6.10. The number of carbonyl (C=O) groups is 1. The Balaban J connectivity index is 2.26. The second-order valence-corrected chi connectivity index (χ2v) is 5.86. The van der Waals surface area contributed by atoms with Crippen molar-refractivity contribution in [3.63, 3.8) is 0 Å². The summed E-state index contributed by atoms with van der Waals surface area (Å²) in [5.41, 5.74) is 4.94. The molecule has 0 N–H and O–H groups in total. The zero-order chi connectivity index (χ0) is 15.4. The molecule has 0 amide bonds. The molecule has 0 saturated heterocycles. The molecule has 0 saturated carbocycles. The van der Waals surface area contributed by atoms with Crippen molar-refractivity contribution >= 4 is 17.9 Å².